The van der Waals surface area contributed by atoms with Gasteiger partial charge in [0, 0.05) is 11.8 Å². The van der Waals surface area contributed by atoms with E-state index in [-0.39, 0.29) is 20.9 Å². The molecule has 4 rings (SSSR count). The van der Waals surface area contributed by atoms with Crippen LogP contribution in [0.15, 0.2) is 11.6 Å². The van der Waals surface area contributed by atoms with Crippen LogP contribution >= 0.6 is 22.6 Å². The van der Waals surface area contributed by atoms with Gasteiger partial charge in [0.05, 0.1) is 10.0 Å². The Kier molecular flexibility index (Phi) is 3.58. The second-order valence-corrected chi connectivity index (χ2v) is 9.96. The summed E-state index contributed by atoms with van der Waals surface area (Å²) < 4.78 is 0.288. The highest BCUT2D eigenvalue weighted by atomic mass is 127. The summed E-state index contributed by atoms with van der Waals surface area (Å²) in [6.07, 6.45) is 9.70. The summed E-state index contributed by atoms with van der Waals surface area (Å²) in [5.74, 6) is 2.55. The molecule has 0 bridgehead atoms. The average Bonchev–Trinajstić information content (AvgIpc) is 2.79. The van der Waals surface area contributed by atoms with Gasteiger partial charge in [-0.15, -0.1) is 0 Å². The van der Waals surface area contributed by atoms with Crippen LogP contribution in [0.3, 0.4) is 0 Å². The van der Waals surface area contributed by atoms with Gasteiger partial charge in [0.1, 0.15) is 5.78 Å². The highest BCUT2D eigenvalue weighted by Crippen LogP contribution is 2.64. The molecule has 3 heteroatoms. The molecule has 3 fully saturated rings. The number of ketones is 1. The predicted molar refractivity (Wildman–Crippen MR) is 95.9 cm³/mol. The van der Waals surface area contributed by atoms with Crippen molar-refractivity contribution in [3.05, 3.63) is 11.6 Å². The molecule has 4 aliphatic carbocycles. The van der Waals surface area contributed by atoms with Crippen LogP contribution in [-0.2, 0) is 4.79 Å². The molecular weight excluding hydrogens is 387 g/mol. The lowest BCUT2D eigenvalue weighted by molar-refractivity contribution is -0.131. The normalized spacial score (nSPS) is 54.3. The quantitative estimate of drug-likeness (QED) is 0.365. The number of rotatable bonds is 0. The zero-order valence-electron chi connectivity index (χ0n) is 13.6. The highest BCUT2D eigenvalue weighted by Gasteiger charge is 2.59. The van der Waals surface area contributed by atoms with Gasteiger partial charge in [-0.2, -0.15) is 0 Å². The summed E-state index contributed by atoms with van der Waals surface area (Å²) >= 11 is 2.46. The number of allylic oxidation sites excluding steroid dienone is 1. The predicted octanol–water partition coefficient (Wildman–Crippen LogP) is 4.29. The van der Waals surface area contributed by atoms with Crippen LogP contribution in [0, 0.1) is 28.6 Å². The number of Topliss-reactive ketones (excluding diaryl/α,β-unsaturated/α-hetero) is 1. The molecule has 2 unspecified atom stereocenters. The molecule has 22 heavy (non-hydrogen) atoms. The molecule has 0 aromatic carbocycles. The number of carbonyl (C=O) groups is 1. The lowest BCUT2D eigenvalue weighted by Gasteiger charge is -2.57. The lowest BCUT2D eigenvalue weighted by atomic mass is 9.48. The number of hydrogen-bond acceptors (Lipinski definition) is 2. The van der Waals surface area contributed by atoms with E-state index in [0.717, 1.165) is 44.4 Å². The number of fused-ring (bicyclic) bond motifs is 5. The minimum absolute atomic E-state index is 0.0270. The first-order chi connectivity index (χ1) is 10.4. The molecular formula is C19H27IO2. The minimum atomic E-state index is -0.168. The van der Waals surface area contributed by atoms with Crippen molar-refractivity contribution in [2.24, 2.45) is 28.6 Å². The Morgan fingerprint density at radius 3 is 2.59 bits per heavy atom. The van der Waals surface area contributed by atoms with Gasteiger partial charge < -0.3 is 5.11 Å². The lowest BCUT2D eigenvalue weighted by Crippen LogP contribution is -2.52. The van der Waals surface area contributed by atoms with Crippen molar-refractivity contribution in [1.29, 1.82) is 0 Å². The van der Waals surface area contributed by atoms with Crippen molar-refractivity contribution >= 4 is 28.4 Å². The number of halogens is 1. The van der Waals surface area contributed by atoms with E-state index in [1.807, 2.05) is 0 Å². The number of alkyl halides is 1. The van der Waals surface area contributed by atoms with Gasteiger partial charge in [0.2, 0.25) is 0 Å². The van der Waals surface area contributed by atoms with Gasteiger partial charge in [-0.3, -0.25) is 4.79 Å². The Hall–Kier alpha value is 0.1000. The van der Waals surface area contributed by atoms with Crippen LogP contribution in [0.4, 0.5) is 0 Å². The molecule has 0 spiro atoms. The molecule has 0 heterocycles. The van der Waals surface area contributed by atoms with Crippen LogP contribution in [0.1, 0.15) is 58.8 Å². The Morgan fingerprint density at radius 1 is 1.14 bits per heavy atom. The molecule has 1 N–H and O–H groups in total. The molecule has 0 saturated heterocycles. The summed E-state index contributed by atoms with van der Waals surface area (Å²) in [5, 5.41) is 10.3. The number of aliphatic hydroxyl groups excluding tert-OH is 1. The first kappa shape index (κ1) is 15.6. The van der Waals surface area contributed by atoms with Crippen LogP contribution in [0.25, 0.3) is 0 Å². The molecule has 4 aliphatic rings. The van der Waals surface area contributed by atoms with Crippen LogP contribution < -0.4 is 0 Å². The Balaban J connectivity index is 1.71. The van der Waals surface area contributed by atoms with Gasteiger partial charge in [0.15, 0.2) is 0 Å². The smallest absolute Gasteiger partial charge is 0.139 e. The Bertz CT molecular complexity index is 542. The van der Waals surface area contributed by atoms with E-state index in [9.17, 15) is 9.90 Å². The van der Waals surface area contributed by atoms with E-state index in [2.05, 4.69) is 42.5 Å². The zero-order chi connectivity index (χ0) is 15.7. The first-order valence-corrected chi connectivity index (χ1v) is 10.2. The third-order valence-corrected chi connectivity index (χ3v) is 9.33. The zero-order valence-corrected chi connectivity index (χ0v) is 15.8. The molecule has 0 radical (unpaired) electrons. The summed E-state index contributed by atoms with van der Waals surface area (Å²) in [6, 6.07) is 0. The summed E-state index contributed by atoms with van der Waals surface area (Å²) in [6.45, 7) is 4.70. The van der Waals surface area contributed by atoms with Gasteiger partial charge in [-0.1, -0.05) is 48.1 Å². The molecule has 122 valence electrons. The number of carbonyl (C=O) groups excluding carboxylic acids is 1. The van der Waals surface area contributed by atoms with Gasteiger partial charge in [-0.25, -0.2) is 0 Å². The maximum absolute atomic E-state index is 12.4. The van der Waals surface area contributed by atoms with Crippen molar-refractivity contribution in [1.82, 2.24) is 0 Å². The monoisotopic (exact) mass is 414 g/mol. The Morgan fingerprint density at radius 2 is 1.82 bits per heavy atom. The molecule has 7 atom stereocenters. The highest BCUT2D eigenvalue weighted by molar-refractivity contribution is 14.1. The van der Waals surface area contributed by atoms with E-state index in [1.54, 1.807) is 0 Å². The van der Waals surface area contributed by atoms with E-state index in [1.165, 1.54) is 12.0 Å². The molecule has 0 aliphatic heterocycles. The molecule has 0 aromatic rings. The number of aliphatic hydroxyl groups is 1. The van der Waals surface area contributed by atoms with Crippen molar-refractivity contribution in [2.45, 2.75) is 68.8 Å². The van der Waals surface area contributed by atoms with Crippen LogP contribution in [0.2, 0.25) is 0 Å². The molecule has 2 nitrogen and oxygen atoms in total. The SMILES string of the molecule is C[C@]12CCC(O)C(I)C1=CC[C@@H]1[C@H]2CC[C@]2(C)C(=O)CC[C@@H]12. The second kappa shape index (κ2) is 5.05. The third-order valence-electron chi connectivity index (χ3n) is 7.83. The fourth-order valence-electron chi connectivity index (χ4n) is 6.45. The molecule has 3 saturated carbocycles. The second-order valence-electron chi connectivity index (χ2n) is 8.62. The van der Waals surface area contributed by atoms with Crippen LogP contribution in [0.5, 0.6) is 0 Å². The van der Waals surface area contributed by atoms with Crippen molar-refractivity contribution in [2.75, 3.05) is 0 Å². The fraction of sp³-hybridized carbons (Fsp3) is 0.842. The van der Waals surface area contributed by atoms with Gasteiger partial charge >= 0.3 is 0 Å². The van der Waals surface area contributed by atoms with Gasteiger partial charge in [0.25, 0.3) is 0 Å². The van der Waals surface area contributed by atoms with Crippen molar-refractivity contribution in [3.63, 3.8) is 0 Å². The summed E-state index contributed by atoms with van der Waals surface area (Å²) in [7, 11) is 0. The van der Waals surface area contributed by atoms with Gasteiger partial charge in [-0.05, 0) is 61.7 Å². The van der Waals surface area contributed by atoms with E-state index in [0.29, 0.717) is 17.6 Å². The third kappa shape index (κ3) is 1.90. The van der Waals surface area contributed by atoms with E-state index in [4.69, 9.17) is 0 Å². The largest absolute Gasteiger partial charge is 0.392 e. The average molecular weight is 414 g/mol. The standard InChI is InChI=1S/C19H27IO2/c1-18-10-8-15(21)17(20)14(18)4-3-11-12-5-6-16(22)19(12,2)9-7-13(11)18/h4,11-13,15,17,21H,3,5-10H2,1-2H3/t11-,12-,13+,15?,17?,18+,19-/m0/s1. The Labute approximate surface area is 147 Å². The first-order valence-electron chi connectivity index (χ1n) is 8.94. The summed E-state index contributed by atoms with van der Waals surface area (Å²) in [5.41, 5.74) is 1.75. The van der Waals surface area contributed by atoms with Crippen LogP contribution in [-0.4, -0.2) is 20.9 Å². The van der Waals surface area contributed by atoms with Crippen molar-refractivity contribution < 1.29 is 9.90 Å². The van der Waals surface area contributed by atoms with E-state index < -0.39 is 0 Å². The maximum Gasteiger partial charge on any atom is 0.139 e. The molecule has 0 amide bonds. The van der Waals surface area contributed by atoms with E-state index >= 15 is 0 Å². The minimum Gasteiger partial charge on any atom is -0.392 e. The summed E-state index contributed by atoms with van der Waals surface area (Å²) in [4.78, 5) is 12.4. The molecule has 0 aromatic heterocycles. The van der Waals surface area contributed by atoms with Crippen molar-refractivity contribution in [3.8, 4) is 0 Å². The maximum atomic E-state index is 12.4. The number of hydrogen-bond donors (Lipinski definition) is 1. The topological polar surface area (TPSA) is 37.3 Å². The fourth-order valence-corrected chi connectivity index (χ4v) is 7.77.